The van der Waals surface area contributed by atoms with Gasteiger partial charge in [-0.1, -0.05) is 6.42 Å². The lowest BCUT2D eigenvalue weighted by Gasteiger charge is -2.33. The number of halogens is 1. The zero-order valence-electron chi connectivity index (χ0n) is 15.9. The molecule has 1 rings (SSSR count). The van der Waals surface area contributed by atoms with E-state index in [9.17, 15) is 8.42 Å². The predicted molar refractivity (Wildman–Crippen MR) is 116 cm³/mol. The maximum absolute atomic E-state index is 11.0. The largest absolute Gasteiger partial charge is 0.357 e. The molecule has 0 aliphatic carbocycles. The molecule has 7 nitrogen and oxygen atoms in total. The zero-order chi connectivity index (χ0) is 17.8. The van der Waals surface area contributed by atoms with Gasteiger partial charge in [0.05, 0.1) is 6.26 Å². The number of hydrogen-bond acceptors (Lipinski definition) is 4. The fourth-order valence-electron chi connectivity index (χ4n) is 2.85. The number of nitrogens with zero attached hydrogens (tertiary/aromatic N) is 2. The van der Waals surface area contributed by atoms with Crippen molar-refractivity contribution < 1.29 is 8.42 Å². The topological polar surface area (TPSA) is 85.8 Å². The Kier molecular flexibility index (Phi) is 13.9. The number of guanidine groups is 1. The third-order valence-electron chi connectivity index (χ3n) is 4.17. The Morgan fingerprint density at radius 1 is 1.20 bits per heavy atom. The molecule has 0 saturated carbocycles. The standard InChI is InChI=1S/C16H35N5O2S.HI/c1-4-17-16(18-10-7-12-20-24(3,22)23)19-11-8-14-21-13-6-5-9-15(21)2;/h15,20H,4-14H2,1-3H3,(H2,17,18,19);1H. The molecule has 0 amide bonds. The molecule has 9 heteroatoms. The highest BCUT2D eigenvalue weighted by atomic mass is 127. The quantitative estimate of drug-likeness (QED) is 0.187. The molecular formula is C16H36IN5O2S. The van der Waals surface area contributed by atoms with Crippen LogP contribution < -0.4 is 15.4 Å². The van der Waals surface area contributed by atoms with Crippen molar-refractivity contribution in [2.75, 3.05) is 45.5 Å². The number of aliphatic imine (C=N–C) groups is 1. The average molecular weight is 489 g/mol. The van der Waals surface area contributed by atoms with Crippen molar-refractivity contribution in [2.45, 2.75) is 52.0 Å². The summed E-state index contributed by atoms with van der Waals surface area (Å²) < 4.78 is 24.5. The van der Waals surface area contributed by atoms with Crippen molar-refractivity contribution in [3.05, 3.63) is 0 Å². The molecule has 0 aromatic heterocycles. The first-order valence-electron chi connectivity index (χ1n) is 9.13. The molecule has 0 radical (unpaired) electrons. The van der Waals surface area contributed by atoms with Crippen LogP contribution in [-0.2, 0) is 10.0 Å². The summed E-state index contributed by atoms with van der Waals surface area (Å²) in [5.74, 6) is 0.809. The number of rotatable bonds is 10. The van der Waals surface area contributed by atoms with Gasteiger partial charge in [-0.15, -0.1) is 24.0 Å². The molecule has 1 heterocycles. The first-order valence-corrected chi connectivity index (χ1v) is 11.0. The highest BCUT2D eigenvalue weighted by molar-refractivity contribution is 14.0. The third kappa shape index (κ3) is 12.8. The fraction of sp³-hybridized carbons (Fsp3) is 0.938. The molecule has 0 bridgehead atoms. The summed E-state index contributed by atoms with van der Waals surface area (Å²) in [5, 5.41) is 6.47. The van der Waals surface area contributed by atoms with Gasteiger partial charge in [-0.2, -0.15) is 0 Å². The van der Waals surface area contributed by atoms with Crippen LogP contribution in [0, 0.1) is 0 Å². The van der Waals surface area contributed by atoms with Crippen LogP contribution in [0.15, 0.2) is 4.99 Å². The van der Waals surface area contributed by atoms with Crippen LogP contribution in [0.4, 0.5) is 0 Å². The second-order valence-corrected chi connectivity index (χ2v) is 8.27. The molecular weight excluding hydrogens is 453 g/mol. The van der Waals surface area contributed by atoms with E-state index in [1.54, 1.807) is 0 Å². The zero-order valence-corrected chi connectivity index (χ0v) is 19.0. The summed E-state index contributed by atoms with van der Waals surface area (Å²) in [5.41, 5.74) is 0. The summed E-state index contributed by atoms with van der Waals surface area (Å²) in [6.45, 7) is 9.45. The van der Waals surface area contributed by atoms with E-state index in [0.717, 1.165) is 38.4 Å². The number of piperidine rings is 1. The molecule has 1 unspecified atom stereocenters. The van der Waals surface area contributed by atoms with Gasteiger partial charge in [0.2, 0.25) is 10.0 Å². The van der Waals surface area contributed by atoms with E-state index in [1.807, 2.05) is 6.92 Å². The Morgan fingerprint density at radius 3 is 2.60 bits per heavy atom. The number of sulfonamides is 1. The lowest BCUT2D eigenvalue weighted by atomic mass is 10.0. The summed E-state index contributed by atoms with van der Waals surface area (Å²) in [6.07, 6.45) is 6.96. The third-order valence-corrected chi connectivity index (χ3v) is 4.90. The van der Waals surface area contributed by atoms with Gasteiger partial charge in [0.15, 0.2) is 5.96 Å². The van der Waals surface area contributed by atoms with E-state index in [-0.39, 0.29) is 24.0 Å². The highest BCUT2D eigenvalue weighted by Crippen LogP contribution is 2.16. The Morgan fingerprint density at radius 2 is 1.96 bits per heavy atom. The first-order chi connectivity index (χ1) is 11.4. The minimum Gasteiger partial charge on any atom is -0.357 e. The van der Waals surface area contributed by atoms with Crippen molar-refractivity contribution in [3.63, 3.8) is 0 Å². The normalized spacial score (nSPS) is 19.3. The molecule has 0 spiro atoms. The minimum atomic E-state index is -3.10. The Labute approximate surface area is 170 Å². The molecule has 25 heavy (non-hydrogen) atoms. The van der Waals surface area contributed by atoms with Crippen LogP contribution in [0.1, 0.15) is 46.0 Å². The van der Waals surface area contributed by atoms with Crippen LogP contribution in [0.5, 0.6) is 0 Å². The fourth-order valence-corrected chi connectivity index (χ4v) is 3.36. The molecule has 150 valence electrons. The van der Waals surface area contributed by atoms with Crippen molar-refractivity contribution in [1.29, 1.82) is 0 Å². The van der Waals surface area contributed by atoms with Crippen molar-refractivity contribution in [2.24, 2.45) is 4.99 Å². The van der Waals surface area contributed by atoms with E-state index in [4.69, 9.17) is 0 Å². The lowest BCUT2D eigenvalue weighted by molar-refractivity contribution is 0.160. The van der Waals surface area contributed by atoms with E-state index in [1.165, 1.54) is 32.1 Å². The maximum atomic E-state index is 11.0. The molecule has 1 fully saturated rings. The summed E-state index contributed by atoms with van der Waals surface area (Å²) >= 11 is 0. The molecule has 1 aliphatic heterocycles. The van der Waals surface area contributed by atoms with Gasteiger partial charge >= 0.3 is 0 Å². The van der Waals surface area contributed by atoms with E-state index in [2.05, 4.69) is 32.2 Å². The first kappa shape index (κ1) is 24.9. The molecule has 0 aromatic carbocycles. The van der Waals surface area contributed by atoms with Crippen LogP contribution in [-0.4, -0.2) is 70.8 Å². The average Bonchev–Trinajstić information content (AvgIpc) is 2.51. The van der Waals surface area contributed by atoms with Gasteiger partial charge in [-0.05, 0) is 46.1 Å². The molecule has 1 aliphatic rings. The Balaban J connectivity index is 0.00000576. The lowest BCUT2D eigenvalue weighted by Crippen LogP contribution is -2.39. The van der Waals surface area contributed by atoms with E-state index < -0.39 is 10.0 Å². The SMILES string of the molecule is CCNC(=NCCCN1CCCCC1C)NCCCNS(C)(=O)=O.I. The number of likely N-dealkylation sites (tertiary alicyclic amines) is 1. The highest BCUT2D eigenvalue weighted by Gasteiger charge is 2.16. The predicted octanol–water partition coefficient (Wildman–Crippen LogP) is 1.36. The van der Waals surface area contributed by atoms with Crippen LogP contribution in [0.2, 0.25) is 0 Å². The van der Waals surface area contributed by atoms with Gasteiger partial charge in [0.1, 0.15) is 0 Å². The molecule has 3 N–H and O–H groups in total. The molecule has 1 saturated heterocycles. The van der Waals surface area contributed by atoms with Gasteiger partial charge in [-0.3, -0.25) is 4.99 Å². The van der Waals surface area contributed by atoms with Gasteiger partial charge in [-0.25, -0.2) is 13.1 Å². The Bertz CT molecular complexity index is 473. The Hall–Kier alpha value is -0.130. The van der Waals surface area contributed by atoms with Crippen LogP contribution in [0.3, 0.4) is 0 Å². The van der Waals surface area contributed by atoms with Crippen LogP contribution in [0.25, 0.3) is 0 Å². The summed E-state index contributed by atoms with van der Waals surface area (Å²) in [6, 6.07) is 0.705. The second-order valence-electron chi connectivity index (χ2n) is 6.44. The molecule has 1 atom stereocenters. The van der Waals surface area contributed by atoms with E-state index >= 15 is 0 Å². The molecule has 0 aromatic rings. The van der Waals surface area contributed by atoms with Crippen molar-refractivity contribution in [3.8, 4) is 0 Å². The van der Waals surface area contributed by atoms with Crippen molar-refractivity contribution >= 4 is 40.0 Å². The monoisotopic (exact) mass is 489 g/mol. The smallest absolute Gasteiger partial charge is 0.208 e. The van der Waals surface area contributed by atoms with E-state index in [0.29, 0.717) is 19.1 Å². The van der Waals surface area contributed by atoms with Gasteiger partial charge < -0.3 is 15.5 Å². The maximum Gasteiger partial charge on any atom is 0.208 e. The second kappa shape index (κ2) is 14.0. The summed E-state index contributed by atoms with van der Waals surface area (Å²) in [7, 11) is -3.10. The minimum absolute atomic E-state index is 0. The van der Waals surface area contributed by atoms with Crippen molar-refractivity contribution in [1.82, 2.24) is 20.3 Å². The number of hydrogen-bond donors (Lipinski definition) is 3. The van der Waals surface area contributed by atoms with Gasteiger partial charge in [0, 0.05) is 38.8 Å². The van der Waals surface area contributed by atoms with Crippen LogP contribution >= 0.6 is 24.0 Å². The summed E-state index contributed by atoms with van der Waals surface area (Å²) in [4.78, 5) is 7.16. The van der Waals surface area contributed by atoms with Gasteiger partial charge in [0.25, 0.3) is 0 Å². The number of nitrogens with one attached hydrogen (secondary N) is 3.